The first kappa shape index (κ1) is 14.0. The van der Waals surface area contributed by atoms with Crippen LogP contribution in [0.5, 0.6) is 5.88 Å². The van der Waals surface area contributed by atoms with Crippen molar-refractivity contribution in [1.29, 1.82) is 0 Å². The van der Waals surface area contributed by atoms with Crippen LogP contribution in [0.25, 0.3) is 0 Å². The molecule has 2 N–H and O–H groups in total. The molecule has 2 aromatic heterocycles. The Morgan fingerprint density at radius 3 is 2.79 bits per heavy atom. The van der Waals surface area contributed by atoms with E-state index in [4.69, 9.17) is 9.84 Å². The molecule has 0 saturated carbocycles. The standard InChI is InChI=1S/C11H14IN5O2/c1-19-10-9(7-17(16-10)3-2-4-18)15-11-13-5-8(12)6-14-11/h5-7,18H,2-4H2,1H3,(H,13,14,15). The van der Waals surface area contributed by atoms with E-state index in [0.29, 0.717) is 30.5 Å². The van der Waals surface area contributed by atoms with E-state index in [0.717, 1.165) is 3.57 Å². The Balaban J connectivity index is 2.14. The minimum Gasteiger partial charge on any atom is -0.478 e. The number of aromatic nitrogens is 4. The topological polar surface area (TPSA) is 85.1 Å². The Morgan fingerprint density at radius 2 is 2.16 bits per heavy atom. The van der Waals surface area contributed by atoms with E-state index in [2.05, 4.69) is 43.0 Å². The molecule has 0 atom stereocenters. The number of hydrogen-bond donors (Lipinski definition) is 2. The van der Waals surface area contributed by atoms with E-state index >= 15 is 0 Å². The summed E-state index contributed by atoms with van der Waals surface area (Å²) in [4.78, 5) is 8.32. The highest BCUT2D eigenvalue weighted by Crippen LogP contribution is 2.24. The summed E-state index contributed by atoms with van der Waals surface area (Å²) in [6, 6.07) is 0. The molecule has 0 bridgehead atoms. The summed E-state index contributed by atoms with van der Waals surface area (Å²) < 4.78 is 7.87. The molecule has 2 heterocycles. The van der Waals surface area contributed by atoms with Crippen molar-refractivity contribution >= 4 is 34.2 Å². The van der Waals surface area contributed by atoms with E-state index < -0.39 is 0 Å². The third-order valence-corrected chi connectivity index (χ3v) is 2.89. The van der Waals surface area contributed by atoms with E-state index in [1.54, 1.807) is 30.4 Å². The van der Waals surface area contributed by atoms with Gasteiger partial charge in [0.2, 0.25) is 5.95 Å². The van der Waals surface area contributed by atoms with Gasteiger partial charge in [0.1, 0.15) is 5.69 Å². The second-order valence-corrected chi connectivity index (χ2v) is 4.99. The molecule has 0 aliphatic heterocycles. The summed E-state index contributed by atoms with van der Waals surface area (Å²) in [6.07, 6.45) is 5.89. The molecule has 2 aromatic rings. The zero-order valence-electron chi connectivity index (χ0n) is 10.4. The number of nitrogens with zero attached hydrogens (tertiary/aromatic N) is 4. The highest BCUT2D eigenvalue weighted by atomic mass is 127. The van der Waals surface area contributed by atoms with Crippen molar-refractivity contribution in [2.45, 2.75) is 13.0 Å². The second-order valence-electron chi connectivity index (χ2n) is 3.74. The lowest BCUT2D eigenvalue weighted by atomic mass is 10.4. The van der Waals surface area contributed by atoms with Gasteiger partial charge in [0.25, 0.3) is 5.88 Å². The molecule has 7 nitrogen and oxygen atoms in total. The van der Waals surface area contributed by atoms with Gasteiger partial charge in [-0.2, -0.15) is 0 Å². The maximum absolute atomic E-state index is 8.81. The lowest BCUT2D eigenvalue weighted by molar-refractivity contribution is 0.276. The average molecular weight is 375 g/mol. The van der Waals surface area contributed by atoms with Gasteiger partial charge in [-0.05, 0) is 29.0 Å². The molecule has 0 spiro atoms. The summed E-state index contributed by atoms with van der Waals surface area (Å²) in [5.74, 6) is 0.959. The smallest absolute Gasteiger partial charge is 0.256 e. The summed E-state index contributed by atoms with van der Waals surface area (Å²) in [6.45, 7) is 0.757. The number of rotatable bonds is 6. The molecular formula is C11H14IN5O2. The van der Waals surface area contributed by atoms with Crippen molar-refractivity contribution < 1.29 is 9.84 Å². The van der Waals surface area contributed by atoms with E-state index in [1.165, 1.54) is 0 Å². The monoisotopic (exact) mass is 375 g/mol. The first-order valence-electron chi connectivity index (χ1n) is 5.70. The zero-order chi connectivity index (χ0) is 13.7. The Kier molecular flexibility index (Phi) is 4.91. The molecular weight excluding hydrogens is 361 g/mol. The molecule has 0 saturated heterocycles. The molecule has 0 fully saturated rings. The van der Waals surface area contributed by atoms with Crippen molar-refractivity contribution in [3.8, 4) is 5.88 Å². The van der Waals surface area contributed by atoms with Gasteiger partial charge in [-0.3, -0.25) is 4.68 Å². The fourth-order valence-corrected chi connectivity index (χ4v) is 1.76. The lowest BCUT2D eigenvalue weighted by Gasteiger charge is -2.02. The van der Waals surface area contributed by atoms with Gasteiger partial charge in [0.05, 0.1) is 13.3 Å². The predicted octanol–water partition coefficient (Wildman–Crippen LogP) is 1.41. The van der Waals surface area contributed by atoms with Crippen LogP contribution in [0.4, 0.5) is 11.6 Å². The summed E-state index contributed by atoms with van der Waals surface area (Å²) in [7, 11) is 1.55. The predicted molar refractivity (Wildman–Crippen MR) is 78.5 cm³/mol. The fraction of sp³-hybridized carbons (Fsp3) is 0.364. The number of ether oxygens (including phenoxy) is 1. The van der Waals surface area contributed by atoms with Crippen LogP contribution in [0.15, 0.2) is 18.6 Å². The molecule has 0 unspecified atom stereocenters. The third kappa shape index (κ3) is 3.77. The van der Waals surface area contributed by atoms with Crippen molar-refractivity contribution in [3.63, 3.8) is 0 Å². The highest BCUT2D eigenvalue weighted by molar-refractivity contribution is 14.1. The number of methoxy groups -OCH3 is 1. The Morgan fingerprint density at radius 1 is 1.42 bits per heavy atom. The largest absolute Gasteiger partial charge is 0.478 e. The average Bonchev–Trinajstić information content (AvgIpc) is 2.81. The van der Waals surface area contributed by atoms with Crippen molar-refractivity contribution in [2.75, 3.05) is 19.0 Å². The summed E-state index contributed by atoms with van der Waals surface area (Å²) in [5, 5.41) is 16.1. The quantitative estimate of drug-likeness (QED) is 0.743. The number of aliphatic hydroxyl groups is 1. The number of hydrogen-bond acceptors (Lipinski definition) is 6. The molecule has 0 amide bonds. The molecule has 8 heteroatoms. The molecule has 19 heavy (non-hydrogen) atoms. The lowest BCUT2D eigenvalue weighted by Crippen LogP contribution is -2.00. The molecule has 102 valence electrons. The molecule has 2 rings (SSSR count). The third-order valence-electron chi connectivity index (χ3n) is 2.33. The van der Waals surface area contributed by atoms with Crippen molar-refractivity contribution in [1.82, 2.24) is 19.7 Å². The van der Waals surface area contributed by atoms with Crippen LogP contribution in [0.1, 0.15) is 6.42 Å². The van der Waals surface area contributed by atoms with E-state index in [-0.39, 0.29) is 6.61 Å². The minimum absolute atomic E-state index is 0.130. The normalized spacial score (nSPS) is 10.5. The zero-order valence-corrected chi connectivity index (χ0v) is 12.5. The van der Waals surface area contributed by atoms with Crippen LogP contribution in [-0.4, -0.2) is 38.6 Å². The molecule has 0 radical (unpaired) electrons. The van der Waals surface area contributed by atoms with Gasteiger partial charge in [0, 0.05) is 29.1 Å². The van der Waals surface area contributed by atoms with Crippen molar-refractivity contribution in [3.05, 3.63) is 22.2 Å². The van der Waals surface area contributed by atoms with E-state index in [1.807, 2.05) is 0 Å². The first-order chi connectivity index (χ1) is 9.22. The van der Waals surface area contributed by atoms with Crippen LogP contribution < -0.4 is 10.1 Å². The number of halogens is 1. The first-order valence-corrected chi connectivity index (χ1v) is 6.77. The van der Waals surface area contributed by atoms with E-state index in [9.17, 15) is 0 Å². The molecule has 0 aromatic carbocycles. The van der Waals surface area contributed by atoms with Gasteiger partial charge in [-0.1, -0.05) is 0 Å². The van der Waals surface area contributed by atoms with Gasteiger partial charge >= 0.3 is 0 Å². The maximum atomic E-state index is 8.81. The molecule has 0 aliphatic carbocycles. The van der Waals surface area contributed by atoms with Crippen LogP contribution in [0.3, 0.4) is 0 Å². The van der Waals surface area contributed by atoms with Gasteiger partial charge in [0.15, 0.2) is 0 Å². The fourth-order valence-electron chi connectivity index (χ4n) is 1.48. The Hall–Kier alpha value is -1.42. The van der Waals surface area contributed by atoms with Crippen LogP contribution >= 0.6 is 22.6 Å². The maximum Gasteiger partial charge on any atom is 0.256 e. The highest BCUT2D eigenvalue weighted by Gasteiger charge is 2.10. The minimum atomic E-state index is 0.130. The Labute approximate surface area is 124 Å². The van der Waals surface area contributed by atoms with Crippen LogP contribution in [-0.2, 0) is 6.54 Å². The summed E-state index contributed by atoms with van der Waals surface area (Å²) in [5.41, 5.74) is 0.696. The van der Waals surface area contributed by atoms with Gasteiger partial charge in [-0.25, -0.2) is 9.97 Å². The van der Waals surface area contributed by atoms with Crippen LogP contribution in [0.2, 0.25) is 0 Å². The van der Waals surface area contributed by atoms with Gasteiger partial charge in [-0.15, -0.1) is 5.10 Å². The number of anilines is 2. The number of aliphatic hydroxyl groups excluding tert-OH is 1. The molecule has 0 aliphatic rings. The van der Waals surface area contributed by atoms with Gasteiger partial charge < -0.3 is 15.2 Å². The number of nitrogens with one attached hydrogen (secondary N) is 1. The second kappa shape index (κ2) is 6.66. The Bertz CT molecular complexity index is 528. The number of aryl methyl sites for hydroxylation is 1. The van der Waals surface area contributed by atoms with Crippen molar-refractivity contribution in [2.24, 2.45) is 0 Å². The summed E-state index contributed by atoms with van der Waals surface area (Å²) >= 11 is 2.14. The van der Waals surface area contributed by atoms with Crippen LogP contribution in [0, 0.1) is 3.57 Å². The SMILES string of the molecule is COc1nn(CCCO)cc1Nc1ncc(I)cn1.